The quantitative estimate of drug-likeness (QED) is 0.512. The number of anilines is 1. The van der Waals surface area contributed by atoms with Gasteiger partial charge >= 0.3 is 0 Å². The van der Waals surface area contributed by atoms with Crippen molar-refractivity contribution in [3.63, 3.8) is 0 Å². The molecule has 1 aliphatic heterocycles. The molecule has 1 aliphatic rings. The Balaban J connectivity index is 1.59. The average molecular weight is 427 g/mol. The van der Waals surface area contributed by atoms with E-state index in [2.05, 4.69) is 15.5 Å². The van der Waals surface area contributed by atoms with Crippen molar-refractivity contribution >= 4 is 29.1 Å². The summed E-state index contributed by atoms with van der Waals surface area (Å²) in [7, 11) is 0. The van der Waals surface area contributed by atoms with Crippen LogP contribution < -0.4 is 5.32 Å². The summed E-state index contributed by atoms with van der Waals surface area (Å²) in [5.41, 5.74) is 3.68. The molecule has 0 unspecified atom stereocenters. The van der Waals surface area contributed by atoms with Gasteiger partial charge in [0.1, 0.15) is 17.2 Å². The number of H-pyrrole nitrogens is 1. The minimum absolute atomic E-state index is 0.0996. The topological polar surface area (TPSA) is 119 Å². The lowest BCUT2D eigenvalue weighted by Crippen LogP contribution is -2.35. The zero-order valence-electron chi connectivity index (χ0n) is 16.1. The molecule has 1 aromatic heterocycles. The second-order valence-electron chi connectivity index (χ2n) is 7.09. The molecule has 4 rings (SSSR count). The Morgan fingerprint density at radius 3 is 2.60 bits per heavy atom. The Hall–Kier alpha value is -3.52. The molecule has 3 aromatic rings. The highest BCUT2D eigenvalue weighted by atomic mass is 35.5. The molecule has 0 spiro atoms. The van der Waals surface area contributed by atoms with Gasteiger partial charge < -0.3 is 20.4 Å². The highest BCUT2D eigenvalue weighted by Crippen LogP contribution is 2.39. The van der Waals surface area contributed by atoms with Crippen molar-refractivity contribution < 1.29 is 19.8 Å². The average Bonchev–Trinajstić information content (AvgIpc) is 3.13. The normalized spacial score (nSPS) is 13.1. The van der Waals surface area contributed by atoms with Gasteiger partial charge in [0.2, 0.25) is 5.91 Å². The number of hydrogen-bond acceptors (Lipinski definition) is 5. The van der Waals surface area contributed by atoms with Crippen LogP contribution in [0.2, 0.25) is 5.02 Å². The van der Waals surface area contributed by atoms with E-state index >= 15 is 0 Å². The third-order valence-corrected chi connectivity index (χ3v) is 5.30. The van der Waals surface area contributed by atoms with Crippen LogP contribution in [0.3, 0.4) is 0 Å². The molecule has 154 valence electrons. The van der Waals surface area contributed by atoms with E-state index in [1.165, 1.54) is 19.1 Å². The Morgan fingerprint density at radius 1 is 1.17 bits per heavy atom. The Bertz CT molecular complexity index is 1140. The first-order chi connectivity index (χ1) is 14.3. The van der Waals surface area contributed by atoms with Gasteiger partial charge in [0.05, 0.1) is 5.02 Å². The summed E-state index contributed by atoms with van der Waals surface area (Å²) in [6, 6.07) is 9.33. The predicted octanol–water partition coefficient (Wildman–Crippen LogP) is 3.30. The van der Waals surface area contributed by atoms with Crippen LogP contribution in [0.25, 0.3) is 11.3 Å². The maximum atomic E-state index is 13.0. The number of carbonyl (C=O) groups is 2. The van der Waals surface area contributed by atoms with Crippen molar-refractivity contribution in [2.75, 3.05) is 11.9 Å². The number of halogens is 1. The molecule has 0 saturated carbocycles. The number of phenols is 2. The molecule has 8 nitrogen and oxygen atoms in total. The van der Waals surface area contributed by atoms with E-state index in [1.807, 2.05) is 0 Å². The van der Waals surface area contributed by atoms with Crippen LogP contribution in [-0.2, 0) is 17.8 Å². The zero-order chi connectivity index (χ0) is 21.4. The van der Waals surface area contributed by atoms with E-state index in [9.17, 15) is 19.8 Å². The number of amides is 2. The molecular formula is C21H19ClN4O4. The van der Waals surface area contributed by atoms with Gasteiger partial charge in [-0.2, -0.15) is 5.10 Å². The Kier molecular flexibility index (Phi) is 5.09. The second-order valence-corrected chi connectivity index (χ2v) is 7.49. The van der Waals surface area contributed by atoms with Crippen molar-refractivity contribution in [1.29, 1.82) is 0 Å². The van der Waals surface area contributed by atoms with E-state index in [0.717, 1.165) is 11.3 Å². The summed E-state index contributed by atoms with van der Waals surface area (Å²) in [4.78, 5) is 25.8. The Morgan fingerprint density at radius 2 is 1.90 bits per heavy atom. The minimum Gasteiger partial charge on any atom is -0.507 e. The summed E-state index contributed by atoms with van der Waals surface area (Å²) in [6.45, 7) is 2.25. The fourth-order valence-corrected chi connectivity index (χ4v) is 3.68. The number of aromatic nitrogens is 2. The van der Waals surface area contributed by atoms with Crippen molar-refractivity contribution in [2.45, 2.75) is 19.9 Å². The molecule has 9 heteroatoms. The number of nitrogens with zero attached hydrogens (tertiary/aromatic N) is 2. The van der Waals surface area contributed by atoms with Gasteiger partial charge in [-0.3, -0.25) is 14.7 Å². The molecular weight excluding hydrogens is 408 g/mol. The van der Waals surface area contributed by atoms with Crippen LogP contribution in [0.1, 0.15) is 28.5 Å². The first-order valence-electron chi connectivity index (χ1n) is 9.28. The van der Waals surface area contributed by atoms with Crippen LogP contribution in [0.5, 0.6) is 11.5 Å². The molecule has 0 aliphatic carbocycles. The number of phenolic OH excluding ortho intramolecular Hbond substituents is 2. The first-order valence-corrected chi connectivity index (χ1v) is 9.66. The summed E-state index contributed by atoms with van der Waals surface area (Å²) in [5.74, 6) is -0.692. The largest absolute Gasteiger partial charge is 0.507 e. The van der Waals surface area contributed by atoms with Crippen LogP contribution in [-0.4, -0.2) is 43.7 Å². The molecule has 2 aromatic carbocycles. The lowest BCUT2D eigenvalue weighted by atomic mass is 9.99. The molecule has 0 radical (unpaired) electrons. The van der Waals surface area contributed by atoms with E-state index in [0.29, 0.717) is 42.0 Å². The fourth-order valence-electron chi connectivity index (χ4n) is 3.51. The van der Waals surface area contributed by atoms with E-state index in [-0.39, 0.29) is 28.3 Å². The third-order valence-electron chi connectivity index (χ3n) is 4.99. The smallest absolute Gasteiger partial charge is 0.254 e. The monoisotopic (exact) mass is 426 g/mol. The van der Waals surface area contributed by atoms with E-state index in [4.69, 9.17) is 11.6 Å². The number of aromatic hydroxyl groups is 2. The van der Waals surface area contributed by atoms with Crippen LogP contribution in [0.4, 0.5) is 5.69 Å². The van der Waals surface area contributed by atoms with Gasteiger partial charge in [-0.15, -0.1) is 0 Å². The van der Waals surface area contributed by atoms with E-state index < -0.39 is 0 Å². The highest BCUT2D eigenvalue weighted by molar-refractivity contribution is 6.32. The maximum Gasteiger partial charge on any atom is 0.254 e. The molecule has 2 amide bonds. The number of fused-ring (bicyclic) bond motifs is 1. The molecule has 2 heterocycles. The molecule has 0 saturated heterocycles. The molecule has 0 bridgehead atoms. The predicted molar refractivity (Wildman–Crippen MR) is 112 cm³/mol. The molecule has 4 N–H and O–H groups in total. The SMILES string of the molecule is CC(=O)Nc1ccc(C(=O)N2CCc3[nH]nc(-c4cc(Cl)c(O)cc4O)c3C2)cc1. The number of carbonyl (C=O) groups excluding carboxylic acids is 2. The van der Waals surface area contributed by atoms with Crippen molar-refractivity contribution in [3.8, 4) is 22.8 Å². The third kappa shape index (κ3) is 3.69. The number of benzene rings is 2. The van der Waals surface area contributed by atoms with Gasteiger partial charge in [-0.1, -0.05) is 11.6 Å². The lowest BCUT2D eigenvalue weighted by Gasteiger charge is -2.27. The van der Waals surface area contributed by atoms with Gasteiger partial charge in [-0.25, -0.2) is 0 Å². The van der Waals surface area contributed by atoms with Gasteiger partial charge in [0.15, 0.2) is 0 Å². The van der Waals surface area contributed by atoms with Gasteiger partial charge in [0.25, 0.3) is 5.91 Å². The minimum atomic E-state index is -0.221. The number of hydrogen-bond donors (Lipinski definition) is 4. The zero-order valence-corrected chi connectivity index (χ0v) is 16.8. The van der Waals surface area contributed by atoms with Crippen molar-refractivity contribution in [1.82, 2.24) is 15.1 Å². The van der Waals surface area contributed by atoms with Crippen LogP contribution in [0.15, 0.2) is 36.4 Å². The fraction of sp³-hybridized carbons (Fsp3) is 0.190. The van der Waals surface area contributed by atoms with Crippen LogP contribution in [0, 0.1) is 0 Å². The summed E-state index contributed by atoms with van der Waals surface area (Å²) < 4.78 is 0. The first kappa shape index (κ1) is 19.8. The highest BCUT2D eigenvalue weighted by Gasteiger charge is 2.27. The number of aromatic amines is 1. The van der Waals surface area contributed by atoms with E-state index in [1.54, 1.807) is 29.2 Å². The Labute approximate surface area is 177 Å². The summed E-state index contributed by atoms with van der Waals surface area (Å²) >= 11 is 6.00. The summed E-state index contributed by atoms with van der Waals surface area (Å²) in [6.07, 6.45) is 0.588. The second kappa shape index (κ2) is 7.72. The van der Waals surface area contributed by atoms with Crippen molar-refractivity contribution in [2.24, 2.45) is 0 Å². The standard InChI is InChI=1S/C21H19ClN4O4/c1-11(27)23-13-4-2-12(3-5-13)21(30)26-7-6-17-15(10-26)20(25-24-17)14-8-16(22)19(29)9-18(14)28/h2-5,8-9,28-29H,6-7,10H2,1H3,(H,23,27)(H,24,25). The van der Waals surface area contributed by atoms with Crippen LogP contribution >= 0.6 is 11.6 Å². The van der Waals surface area contributed by atoms with Gasteiger partial charge in [0, 0.05) is 60.6 Å². The molecule has 0 fully saturated rings. The maximum absolute atomic E-state index is 13.0. The van der Waals surface area contributed by atoms with Crippen molar-refractivity contribution in [3.05, 3.63) is 58.2 Å². The lowest BCUT2D eigenvalue weighted by molar-refractivity contribution is -0.114. The number of rotatable bonds is 3. The molecule has 0 atom stereocenters. The van der Waals surface area contributed by atoms with Gasteiger partial charge in [-0.05, 0) is 30.3 Å². The number of nitrogens with one attached hydrogen (secondary N) is 2. The molecule has 30 heavy (non-hydrogen) atoms. The summed E-state index contributed by atoms with van der Waals surface area (Å²) in [5, 5.41) is 30.0.